The van der Waals surface area contributed by atoms with Gasteiger partial charge in [0.2, 0.25) is 0 Å². The normalized spacial score (nSPS) is 12.2. The van der Waals surface area contributed by atoms with Gasteiger partial charge in [-0.05, 0) is 24.5 Å². The first kappa shape index (κ1) is 13.6. The Morgan fingerprint density at radius 1 is 1.35 bits per heavy atom. The second-order valence-electron chi connectivity index (χ2n) is 4.41. The Kier molecular flexibility index (Phi) is 4.63. The summed E-state index contributed by atoms with van der Waals surface area (Å²) < 4.78 is 0. The van der Waals surface area contributed by atoms with E-state index in [1.165, 1.54) is 0 Å². The molecule has 1 atom stereocenters. The number of carbonyl (C=O) groups is 1. The number of hydrogen-bond donors (Lipinski definition) is 2. The number of hydrogen-bond acceptors (Lipinski definition) is 2. The van der Waals surface area contributed by atoms with Crippen molar-refractivity contribution in [3.8, 4) is 0 Å². The Morgan fingerprint density at radius 3 is 2.41 bits per heavy atom. The standard InChI is InChI=1S/C13H18N2OS/c1-8(2)11(12(14)17)15-13(16)10-7-5-4-6-9(10)3/h4-8,11H,1-3H3,(H2,14,17)(H,15,16). The van der Waals surface area contributed by atoms with E-state index in [1.54, 1.807) is 6.07 Å². The second-order valence-corrected chi connectivity index (χ2v) is 4.88. The lowest BCUT2D eigenvalue weighted by molar-refractivity contribution is 0.0939. The van der Waals surface area contributed by atoms with E-state index in [0.717, 1.165) is 5.56 Å². The van der Waals surface area contributed by atoms with Crippen LogP contribution in [0.1, 0.15) is 29.8 Å². The fourth-order valence-corrected chi connectivity index (χ4v) is 1.94. The van der Waals surface area contributed by atoms with Crippen molar-refractivity contribution in [2.45, 2.75) is 26.8 Å². The number of benzene rings is 1. The highest BCUT2D eigenvalue weighted by Gasteiger charge is 2.20. The Balaban J connectivity index is 2.85. The minimum absolute atomic E-state index is 0.130. The maximum absolute atomic E-state index is 12.1. The molecule has 0 bridgehead atoms. The van der Waals surface area contributed by atoms with E-state index in [9.17, 15) is 4.79 Å². The molecule has 0 radical (unpaired) electrons. The molecular formula is C13H18N2OS. The van der Waals surface area contributed by atoms with Crippen molar-refractivity contribution >= 4 is 23.1 Å². The van der Waals surface area contributed by atoms with Crippen LogP contribution in [-0.4, -0.2) is 16.9 Å². The van der Waals surface area contributed by atoms with Crippen LogP contribution in [0.5, 0.6) is 0 Å². The van der Waals surface area contributed by atoms with Crippen LogP contribution < -0.4 is 11.1 Å². The highest BCUT2D eigenvalue weighted by atomic mass is 32.1. The van der Waals surface area contributed by atoms with Crippen molar-refractivity contribution in [2.24, 2.45) is 11.7 Å². The zero-order valence-electron chi connectivity index (χ0n) is 10.4. The first-order valence-corrected chi connectivity index (χ1v) is 6.00. The third-order valence-corrected chi connectivity index (χ3v) is 2.90. The molecule has 3 N–H and O–H groups in total. The zero-order chi connectivity index (χ0) is 13.0. The van der Waals surface area contributed by atoms with E-state index in [2.05, 4.69) is 5.32 Å². The average Bonchev–Trinajstić information content (AvgIpc) is 2.25. The summed E-state index contributed by atoms with van der Waals surface area (Å²) in [5.74, 6) is 0.0510. The molecule has 1 amide bonds. The maximum atomic E-state index is 12.1. The van der Waals surface area contributed by atoms with E-state index >= 15 is 0 Å². The number of carbonyl (C=O) groups excluding carboxylic acids is 1. The highest BCUT2D eigenvalue weighted by molar-refractivity contribution is 7.80. The molecule has 0 saturated heterocycles. The third kappa shape index (κ3) is 3.53. The second kappa shape index (κ2) is 5.77. The van der Waals surface area contributed by atoms with Crippen molar-refractivity contribution in [1.82, 2.24) is 5.32 Å². The highest BCUT2D eigenvalue weighted by Crippen LogP contribution is 2.09. The molecule has 4 heteroatoms. The largest absolute Gasteiger partial charge is 0.392 e. The first-order valence-electron chi connectivity index (χ1n) is 5.59. The lowest BCUT2D eigenvalue weighted by Crippen LogP contribution is -2.46. The van der Waals surface area contributed by atoms with Crippen molar-refractivity contribution in [3.63, 3.8) is 0 Å². The van der Waals surface area contributed by atoms with Crippen LogP contribution in [0.25, 0.3) is 0 Å². The fourth-order valence-electron chi connectivity index (χ4n) is 1.61. The van der Waals surface area contributed by atoms with Crippen molar-refractivity contribution in [3.05, 3.63) is 35.4 Å². The van der Waals surface area contributed by atoms with Crippen LogP contribution in [0, 0.1) is 12.8 Å². The summed E-state index contributed by atoms with van der Waals surface area (Å²) in [6, 6.07) is 7.17. The molecule has 0 aliphatic rings. The van der Waals surface area contributed by atoms with Gasteiger partial charge in [0.15, 0.2) is 0 Å². The van der Waals surface area contributed by atoms with Crippen LogP contribution >= 0.6 is 12.2 Å². The van der Waals surface area contributed by atoms with Crippen LogP contribution in [0.3, 0.4) is 0 Å². The van der Waals surface area contributed by atoms with Gasteiger partial charge in [0, 0.05) is 5.56 Å². The van der Waals surface area contributed by atoms with Gasteiger partial charge < -0.3 is 11.1 Å². The quantitative estimate of drug-likeness (QED) is 0.804. The number of rotatable bonds is 4. The van der Waals surface area contributed by atoms with Gasteiger partial charge in [-0.15, -0.1) is 0 Å². The summed E-state index contributed by atoms with van der Waals surface area (Å²) in [4.78, 5) is 12.4. The maximum Gasteiger partial charge on any atom is 0.252 e. The lowest BCUT2D eigenvalue weighted by atomic mass is 10.0. The SMILES string of the molecule is Cc1ccccc1C(=O)NC(C(N)=S)C(C)C. The summed E-state index contributed by atoms with van der Waals surface area (Å²) in [5.41, 5.74) is 7.22. The van der Waals surface area contributed by atoms with Crippen LogP contribution in [0.15, 0.2) is 24.3 Å². The van der Waals surface area contributed by atoms with Crippen molar-refractivity contribution < 1.29 is 4.79 Å². The summed E-state index contributed by atoms with van der Waals surface area (Å²) in [7, 11) is 0. The van der Waals surface area contributed by atoms with Gasteiger partial charge in [0.05, 0.1) is 11.0 Å². The lowest BCUT2D eigenvalue weighted by Gasteiger charge is -2.21. The summed E-state index contributed by atoms with van der Waals surface area (Å²) in [6.45, 7) is 5.85. The Labute approximate surface area is 107 Å². The van der Waals surface area contributed by atoms with Crippen LogP contribution in [0.2, 0.25) is 0 Å². The molecule has 0 saturated carbocycles. The van der Waals surface area contributed by atoms with Gasteiger partial charge in [-0.2, -0.15) is 0 Å². The van der Waals surface area contributed by atoms with Gasteiger partial charge in [-0.25, -0.2) is 0 Å². The molecule has 0 aromatic heterocycles. The molecule has 1 aromatic rings. The van der Waals surface area contributed by atoms with Crippen LogP contribution in [-0.2, 0) is 0 Å². The zero-order valence-corrected chi connectivity index (χ0v) is 11.2. The predicted octanol–water partition coefficient (Wildman–Crippen LogP) is 2.04. The number of amides is 1. The fraction of sp³-hybridized carbons (Fsp3) is 0.385. The number of thiocarbonyl (C=S) groups is 1. The van der Waals surface area contributed by atoms with Crippen LogP contribution in [0.4, 0.5) is 0 Å². The number of aryl methyl sites for hydroxylation is 1. The van der Waals surface area contributed by atoms with Crippen molar-refractivity contribution in [2.75, 3.05) is 0 Å². The van der Waals surface area contributed by atoms with E-state index < -0.39 is 0 Å². The van der Waals surface area contributed by atoms with Gasteiger partial charge in [0.1, 0.15) is 0 Å². The molecule has 1 rings (SSSR count). The van der Waals surface area contributed by atoms with Gasteiger partial charge >= 0.3 is 0 Å². The molecule has 0 fully saturated rings. The average molecular weight is 250 g/mol. The summed E-state index contributed by atoms with van der Waals surface area (Å²) in [5, 5.41) is 2.87. The number of nitrogens with one attached hydrogen (secondary N) is 1. The Morgan fingerprint density at radius 2 is 1.94 bits per heavy atom. The van der Waals surface area contributed by atoms with Gasteiger partial charge in [-0.1, -0.05) is 44.3 Å². The van der Waals surface area contributed by atoms with E-state index in [4.69, 9.17) is 18.0 Å². The van der Waals surface area contributed by atoms with E-state index in [-0.39, 0.29) is 17.9 Å². The predicted molar refractivity (Wildman–Crippen MR) is 74.1 cm³/mol. The molecule has 0 heterocycles. The first-order chi connectivity index (χ1) is 7.93. The molecule has 1 aromatic carbocycles. The topological polar surface area (TPSA) is 55.1 Å². The summed E-state index contributed by atoms with van der Waals surface area (Å²) in [6.07, 6.45) is 0. The smallest absolute Gasteiger partial charge is 0.252 e. The molecule has 17 heavy (non-hydrogen) atoms. The molecule has 3 nitrogen and oxygen atoms in total. The van der Waals surface area contributed by atoms with Gasteiger partial charge in [0.25, 0.3) is 5.91 Å². The minimum atomic E-state index is -0.267. The molecule has 0 aliphatic heterocycles. The third-order valence-electron chi connectivity index (χ3n) is 2.65. The van der Waals surface area contributed by atoms with E-state index in [0.29, 0.717) is 10.6 Å². The molecular weight excluding hydrogens is 232 g/mol. The minimum Gasteiger partial charge on any atom is -0.392 e. The van der Waals surface area contributed by atoms with E-state index in [1.807, 2.05) is 39.0 Å². The molecule has 92 valence electrons. The molecule has 0 aliphatic carbocycles. The summed E-state index contributed by atoms with van der Waals surface area (Å²) >= 11 is 4.96. The van der Waals surface area contributed by atoms with Gasteiger partial charge in [-0.3, -0.25) is 4.79 Å². The Bertz CT molecular complexity index is 429. The monoisotopic (exact) mass is 250 g/mol. The molecule has 0 spiro atoms. The number of nitrogens with two attached hydrogens (primary N) is 1. The molecule has 1 unspecified atom stereocenters. The Hall–Kier alpha value is -1.42. The van der Waals surface area contributed by atoms with Crippen molar-refractivity contribution in [1.29, 1.82) is 0 Å².